The first-order valence-electron chi connectivity index (χ1n) is 7.38. The molecule has 2 aromatic carbocycles. The Bertz CT molecular complexity index is 872. The van der Waals surface area contributed by atoms with E-state index < -0.39 is 0 Å². The molecule has 0 unspecified atom stereocenters. The smallest absolute Gasteiger partial charge is 0.307 e. The molecule has 0 saturated carbocycles. The summed E-state index contributed by atoms with van der Waals surface area (Å²) >= 11 is 0. The van der Waals surface area contributed by atoms with Crippen molar-refractivity contribution in [2.24, 2.45) is 0 Å². The molecular formula is C18H16N2O3. The van der Waals surface area contributed by atoms with Crippen molar-refractivity contribution in [2.75, 3.05) is 0 Å². The Morgan fingerprint density at radius 3 is 2.61 bits per heavy atom. The van der Waals surface area contributed by atoms with Crippen LogP contribution in [0.4, 0.5) is 0 Å². The molecule has 3 aromatic rings. The predicted octanol–water partition coefficient (Wildman–Crippen LogP) is 2.53. The van der Waals surface area contributed by atoms with E-state index in [2.05, 4.69) is 4.98 Å². The number of hydrogen-bond donors (Lipinski definition) is 0. The lowest BCUT2D eigenvalue weighted by Crippen LogP contribution is -2.22. The second-order valence-electron chi connectivity index (χ2n) is 5.16. The molecular weight excluding hydrogens is 292 g/mol. The van der Waals surface area contributed by atoms with Crippen LogP contribution in [0.5, 0.6) is 0 Å². The lowest BCUT2D eigenvalue weighted by molar-refractivity contribution is -0.145. The van der Waals surface area contributed by atoms with Crippen LogP contribution >= 0.6 is 0 Å². The highest BCUT2D eigenvalue weighted by molar-refractivity contribution is 5.77. The number of fused-ring (bicyclic) bond motifs is 1. The zero-order valence-corrected chi connectivity index (χ0v) is 12.5. The highest BCUT2D eigenvalue weighted by Gasteiger charge is 2.07. The Hall–Kier alpha value is -2.95. The van der Waals surface area contributed by atoms with Crippen LogP contribution in [0.15, 0.2) is 65.7 Å². The summed E-state index contributed by atoms with van der Waals surface area (Å²) in [5.41, 5.74) is 1.44. The summed E-state index contributed by atoms with van der Waals surface area (Å²) in [6, 6.07) is 16.6. The van der Waals surface area contributed by atoms with Crippen molar-refractivity contribution in [3.8, 4) is 0 Å². The van der Waals surface area contributed by atoms with Gasteiger partial charge in [-0.15, -0.1) is 0 Å². The molecule has 0 aliphatic heterocycles. The van der Waals surface area contributed by atoms with Gasteiger partial charge in [-0.25, -0.2) is 4.98 Å². The summed E-state index contributed by atoms with van der Waals surface area (Å²) in [6.45, 7) is 0.495. The van der Waals surface area contributed by atoms with Crippen LogP contribution in [0, 0.1) is 0 Å². The van der Waals surface area contributed by atoms with Crippen LogP contribution in [0.25, 0.3) is 10.9 Å². The number of aromatic nitrogens is 2. The van der Waals surface area contributed by atoms with E-state index in [9.17, 15) is 9.59 Å². The average Bonchev–Trinajstić information content (AvgIpc) is 2.60. The molecule has 5 nitrogen and oxygen atoms in total. The summed E-state index contributed by atoms with van der Waals surface area (Å²) in [4.78, 5) is 28.3. The van der Waals surface area contributed by atoms with Gasteiger partial charge in [-0.1, -0.05) is 42.5 Å². The van der Waals surface area contributed by atoms with E-state index in [0.717, 1.165) is 5.56 Å². The Morgan fingerprint density at radius 1 is 1.04 bits per heavy atom. The van der Waals surface area contributed by atoms with Crippen molar-refractivity contribution in [1.82, 2.24) is 9.55 Å². The molecule has 0 aliphatic rings. The van der Waals surface area contributed by atoms with Crippen LogP contribution in [-0.2, 0) is 22.7 Å². The van der Waals surface area contributed by atoms with Crippen LogP contribution < -0.4 is 5.56 Å². The Morgan fingerprint density at radius 2 is 1.78 bits per heavy atom. The molecule has 3 rings (SSSR count). The molecule has 0 aliphatic carbocycles. The average molecular weight is 308 g/mol. The van der Waals surface area contributed by atoms with Crippen molar-refractivity contribution in [1.29, 1.82) is 0 Å². The van der Waals surface area contributed by atoms with Crippen molar-refractivity contribution in [3.05, 3.63) is 76.8 Å². The van der Waals surface area contributed by atoms with E-state index in [0.29, 0.717) is 10.9 Å². The zero-order chi connectivity index (χ0) is 16.1. The maximum Gasteiger partial charge on any atom is 0.307 e. The lowest BCUT2D eigenvalue weighted by Gasteiger charge is -2.07. The maximum absolute atomic E-state index is 12.3. The third kappa shape index (κ3) is 3.63. The Kier molecular flexibility index (Phi) is 4.47. The monoisotopic (exact) mass is 308 g/mol. The SMILES string of the molecule is O=C(CCn1cnc2ccccc2c1=O)OCc1ccccc1. The first kappa shape index (κ1) is 15.0. The molecule has 0 spiro atoms. The zero-order valence-electron chi connectivity index (χ0n) is 12.5. The molecule has 0 atom stereocenters. The molecule has 5 heteroatoms. The number of esters is 1. The van der Waals surface area contributed by atoms with Crippen LogP contribution in [-0.4, -0.2) is 15.5 Å². The number of carbonyl (C=O) groups excluding carboxylic acids is 1. The van der Waals surface area contributed by atoms with Gasteiger partial charge < -0.3 is 4.74 Å². The van der Waals surface area contributed by atoms with Crippen molar-refractivity contribution < 1.29 is 9.53 Å². The van der Waals surface area contributed by atoms with Gasteiger partial charge in [-0.3, -0.25) is 14.2 Å². The van der Waals surface area contributed by atoms with Gasteiger partial charge in [0.05, 0.1) is 23.7 Å². The molecule has 0 bridgehead atoms. The molecule has 0 N–H and O–H groups in total. The van der Waals surface area contributed by atoms with Crippen molar-refractivity contribution in [2.45, 2.75) is 19.6 Å². The fraction of sp³-hybridized carbons (Fsp3) is 0.167. The fourth-order valence-electron chi connectivity index (χ4n) is 2.29. The van der Waals surface area contributed by atoms with E-state index in [1.165, 1.54) is 10.9 Å². The minimum atomic E-state index is -0.339. The number of para-hydroxylation sites is 1. The summed E-state index contributed by atoms with van der Waals surface area (Å²) in [5, 5.41) is 0.549. The minimum absolute atomic E-state index is 0.132. The lowest BCUT2D eigenvalue weighted by atomic mass is 10.2. The van der Waals surface area contributed by atoms with Gasteiger partial charge in [-0.05, 0) is 17.7 Å². The maximum atomic E-state index is 12.3. The van der Waals surface area contributed by atoms with Crippen LogP contribution in [0.3, 0.4) is 0 Å². The first-order chi connectivity index (χ1) is 11.2. The van der Waals surface area contributed by atoms with Crippen LogP contribution in [0.2, 0.25) is 0 Å². The normalized spacial score (nSPS) is 10.6. The summed E-state index contributed by atoms with van der Waals surface area (Å²) in [6.07, 6.45) is 1.60. The Labute approximate surface area is 133 Å². The van der Waals surface area contributed by atoms with Gasteiger partial charge in [0.15, 0.2) is 0 Å². The Balaban J connectivity index is 1.61. The van der Waals surface area contributed by atoms with E-state index >= 15 is 0 Å². The minimum Gasteiger partial charge on any atom is -0.461 e. The number of nitrogens with zero attached hydrogens (tertiary/aromatic N) is 2. The second kappa shape index (κ2) is 6.87. The van der Waals surface area contributed by atoms with Gasteiger partial charge in [-0.2, -0.15) is 0 Å². The third-order valence-electron chi connectivity index (χ3n) is 3.53. The summed E-state index contributed by atoms with van der Waals surface area (Å²) in [7, 11) is 0. The largest absolute Gasteiger partial charge is 0.461 e. The highest BCUT2D eigenvalue weighted by atomic mass is 16.5. The molecule has 0 amide bonds. The quantitative estimate of drug-likeness (QED) is 0.680. The first-order valence-corrected chi connectivity index (χ1v) is 7.38. The molecule has 0 radical (unpaired) electrons. The van der Waals surface area contributed by atoms with E-state index in [-0.39, 0.29) is 31.1 Å². The van der Waals surface area contributed by atoms with Gasteiger partial charge in [0, 0.05) is 6.54 Å². The summed E-state index contributed by atoms with van der Waals surface area (Å²) in [5.74, 6) is -0.339. The van der Waals surface area contributed by atoms with E-state index in [1.807, 2.05) is 36.4 Å². The van der Waals surface area contributed by atoms with Gasteiger partial charge in [0.1, 0.15) is 6.61 Å². The van der Waals surface area contributed by atoms with Crippen molar-refractivity contribution >= 4 is 16.9 Å². The molecule has 23 heavy (non-hydrogen) atoms. The number of hydrogen-bond acceptors (Lipinski definition) is 4. The van der Waals surface area contributed by atoms with E-state index in [1.54, 1.807) is 18.2 Å². The predicted molar refractivity (Wildman–Crippen MR) is 86.9 cm³/mol. The highest BCUT2D eigenvalue weighted by Crippen LogP contribution is 2.05. The molecule has 0 saturated heterocycles. The number of carbonyl (C=O) groups is 1. The van der Waals surface area contributed by atoms with E-state index in [4.69, 9.17) is 4.74 Å². The number of rotatable bonds is 5. The van der Waals surface area contributed by atoms with Gasteiger partial charge >= 0.3 is 5.97 Å². The number of ether oxygens (including phenoxy) is 1. The molecule has 116 valence electrons. The standard InChI is InChI=1S/C18H16N2O3/c21-17(23-12-14-6-2-1-3-7-14)10-11-20-13-19-16-9-5-4-8-15(16)18(20)22/h1-9,13H,10-12H2. The van der Waals surface area contributed by atoms with Crippen LogP contribution in [0.1, 0.15) is 12.0 Å². The number of benzene rings is 2. The fourth-order valence-corrected chi connectivity index (χ4v) is 2.29. The molecule has 0 fully saturated rings. The third-order valence-corrected chi connectivity index (χ3v) is 3.53. The number of aryl methyl sites for hydroxylation is 1. The van der Waals surface area contributed by atoms with Gasteiger partial charge in [0.2, 0.25) is 0 Å². The van der Waals surface area contributed by atoms with Gasteiger partial charge in [0.25, 0.3) is 5.56 Å². The topological polar surface area (TPSA) is 61.2 Å². The molecule has 1 aromatic heterocycles. The summed E-state index contributed by atoms with van der Waals surface area (Å²) < 4.78 is 6.64. The second-order valence-corrected chi connectivity index (χ2v) is 5.16. The van der Waals surface area contributed by atoms with Crippen molar-refractivity contribution in [3.63, 3.8) is 0 Å². The molecule has 1 heterocycles.